The summed E-state index contributed by atoms with van der Waals surface area (Å²) in [5.41, 5.74) is 0.818. The van der Waals surface area contributed by atoms with Gasteiger partial charge in [0.2, 0.25) is 5.95 Å². The highest BCUT2D eigenvalue weighted by atomic mass is 35.5. The number of rotatable bonds is 5. The van der Waals surface area contributed by atoms with Crippen LogP contribution in [0, 0.1) is 0 Å². The highest BCUT2D eigenvalue weighted by Crippen LogP contribution is 2.46. The number of nitrogens with zero attached hydrogens (tertiary/aromatic N) is 2. The molecule has 0 radical (unpaired) electrons. The van der Waals surface area contributed by atoms with Crippen molar-refractivity contribution in [3.8, 4) is 0 Å². The lowest BCUT2D eigenvalue weighted by Crippen LogP contribution is -2.35. The van der Waals surface area contributed by atoms with Gasteiger partial charge in [-0.1, -0.05) is 48.0 Å². The number of nitrogens with one attached hydrogen (secondary N) is 2. The Labute approximate surface area is 179 Å². The number of benzene rings is 1. The van der Waals surface area contributed by atoms with Gasteiger partial charge in [-0.15, -0.1) is 11.3 Å². The number of carbonyl (C=O) groups excluding carboxylic acids is 1. The minimum absolute atomic E-state index is 0.0554. The zero-order chi connectivity index (χ0) is 21.3. The van der Waals surface area contributed by atoms with Gasteiger partial charge in [0.05, 0.1) is 6.04 Å². The first kappa shape index (κ1) is 20.7. The van der Waals surface area contributed by atoms with Gasteiger partial charge in [0.25, 0.3) is 5.91 Å². The summed E-state index contributed by atoms with van der Waals surface area (Å²) in [5, 5.41) is 7.17. The molecule has 4 rings (SSSR count). The average molecular weight is 455 g/mol. The molecule has 0 saturated heterocycles. The lowest BCUT2D eigenvalue weighted by atomic mass is 10.0. The van der Waals surface area contributed by atoms with Crippen LogP contribution in [0.2, 0.25) is 5.15 Å². The van der Waals surface area contributed by atoms with Gasteiger partial charge in [0.1, 0.15) is 11.2 Å². The molecule has 0 saturated carbocycles. The number of alkyl halides is 3. The molecule has 0 aliphatic carbocycles. The van der Waals surface area contributed by atoms with Crippen LogP contribution in [0.5, 0.6) is 0 Å². The van der Waals surface area contributed by atoms with Gasteiger partial charge in [0.15, 0.2) is 5.69 Å². The van der Waals surface area contributed by atoms with Crippen LogP contribution in [0.15, 0.2) is 47.8 Å². The first-order valence-electron chi connectivity index (χ1n) is 9.31. The van der Waals surface area contributed by atoms with Crippen molar-refractivity contribution in [3.63, 3.8) is 0 Å². The zero-order valence-electron chi connectivity index (χ0n) is 15.6. The quantitative estimate of drug-likeness (QED) is 0.555. The van der Waals surface area contributed by atoms with Crippen LogP contribution < -0.4 is 10.6 Å². The van der Waals surface area contributed by atoms with E-state index in [9.17, 15) is 18.0 Å². The molecule has 5 nitrogen and oxygen atoms in total. The van der Waals surface area contributed by atoms with Crippen molar-refractivity contribution in [1.29, 1.82) is 0 Å². The van der Waals surface area contributed by atoms with E-state index in [-0.39, 0.29) is 23.2 Å². The summed E-state index contributed by atoms with van der Waals surface area (Å²) in [6, 6.07) is 10.7. The van der Waals surface area contributed by atoms with Crippen molar-refractivity contribution < 1.29 is 18.0 Å². The minimum Gasteiger partial charge on any atom is -0.350 e. The van der Waals surface area contributed by atoms with Crippen LogP contribution >= 0.6 is 22.9 Å². The van der Waals surface area contributed by atoms with E-state index in [0.29, 0.717) is 13.0 Å². The smallest absolute Gasteiger partial charge is 0.350 e. The molecular weight excluding hydrogens is 437 g/mol. The van der Waals surface area contributed by atoms with E-state index in [4.69, 9.17) is 11.6 Å². The Morgan fingerprint density at radius 3 is 2.70 bits per heavy atom. The van der Waals surface area contributed by atoms with Crippen molar-refractivity contribution in [1.82, 2.24) is 14.9 Å². The second-order valence-corrected chi connectivity index (χ2v) is 8.28. The summed E-state index contributed by atoms with van der Waals surface area (Å²) >= 11 is 7.57. The SMILES string of the molecule is O=C(NCCc1ccccc1)c1nc2n(c1Cl)[C@@H](C(F)(F)F)C[C@@H](c1cccs1)N2. The second kappa shape index (κ2) is 8.31. The number of hydrogen-bond donors (Lipinski definition) is 2. The Balaban J connectivity index is 1.56. The molecule has 2 atom stereocenters. The maximum absolute atomic E-state index is 13.8. The molecule has 2 N–H and O–H groups in total. The number of hydrogen-bond acceptors (Lipinski definition) is 4. The van der Waals surface area contributed by atoms with E-state index in [0.717, 1.165) is 15.0 Å². The van der Waals surface area contributed by atoms with Crippen LogP contribution in [0.1, 0.15) is 39.4 Å². The lowest BCUT2D eigenvalue weighted by molar-refractivity contribution is -0.171. The first-order valence-corrected chi connectivity index (χ1v) is 10.6. The van der Waals surface area contributed by atoms with Crippen molar-refractivity contribution >= 4 is 34.8 Å². The number of thiophene rings is 1. The van der Waals surface area contributed by atoms with Crippen molar-refractivity contribution in [2.75, 3.05) is 11.9 Å². The van der Waals surface area contributed by atoms with E-state index in [2.05, 4.69) is 15.6 Å². The molecule has 1 aliphatic heterocycles. The fraction of sp³-hybridized carbons (Fsp3) is 0.300. The number of amides is 1. The summed E-state index contributed by atoms with van der Waals surface area (Å²) in [5.74, 6) is -0.659. The highest BCUT2D eigenvalue weighted by Gasteiger charge is 2.48. The van der Waals surface area contributed by atoms with Crippen LogP contribution in [-0.2, 0) is 6.42 Å². The van der Waals surface area contributed by atoms with Gasteiger partial charge in [-0.2, -0.15) is 13.2 Å². The maximum atomic E-state index is 13.8. The largest absolute Gasteiger partial charge is 0.409 e. The molecule has 0 spiro atoms. The third-order valence-electron chi connectivity index (χ3n) is 4.95. The van der Waals surface area contributed by atoms with E-state index in [1.165, 1.54) is 11.3 Å². The van der Waals surface area contributed by atoms with Gasteiger partial charge in [-0.25, -0.2) is 4.98 Å². The van der Waals surface area contributed by atoms with Crippen molar-refractivity contribution in [3.05, 3.63) is 69.1 Å². The molecule has 0 bridgehead atoms. The van der Waals surface area contributed by atoms with Crippen LogP contribution in [0.3, 0.4) is 0 Å². The Morgan fingerprint density at radius 2 is 2.03 bits per heavy atom. The molecule has 3 heterocycles. The predicted molar refractivity (Wildman–Crippen MR) is 110 cm³/mol. The van der Waals surface area contributed by atoms with Crippen molar-refractivity contribution in [2.24, 2.45) is 0 Å². The van der Waals surface area contributed by atoms with Crippen LogP contribution in [0.4, 0.5) is 19.1 Å². The van der Waals surface area contributed by atoms with E-state index >= 15 is 0 Å². The third-order valence-corrected chi connectivity index (χ3v) is 6.30. The van der Waals surface area contributed by atoms with Gasteiger partial charge in [-0.05, 0) is 23.4 Å². The molecule has 2 aromatic heterocycles. The number of carbonyl (C=O) groups is 1. The van der Waals surface area contributed by atoms with Gasteiger partial charge >= 0.3 is 6.18 Å². The summed E-state index contributed by atoms with van der Waals surface area (Å²) in [7, 11) is 0. The molecule has 30 heavy (non-hydrogen) atoms. The number of aromatic nitrogens is 2. The fourth-order valence-electron chi connectivity index (χ4n) is 3.49. The van der Waals surface area contributed by atoms with E-state index in [1.54, 1.807) is 17.5 Å². The van der Waals surface area contributed by atoms with Gasteiger partial charge in [-0.3, -0.25) is 9.36 Å². The number of anilines is 1. The fourth-order valence-corrected chi connectivity index (χ4v) is 4.61. The number of imidazole rings is 1. The topological polar surface area (TPSA) is 59.0 Å². The number of fused-ring (bicyclic) bond motifs is 1. The summed E-state index contributed by atoms with van der Waals surface area (Å²) in [4.78, 5) is 17.4. The van der Waals surface area contributed by atoms with Crippen molar-refractivity contribution in [2.45, 2.75) is 31.1 Å². The third kappa shape index (κ3) is 4.17. The Kier molecular flexibility index (Phi) is 5.75. The Hall–Kier alpha value is -2.52. The monoisotopic (exact) mass is 454 g/mol. The molecule has 0 unspecified atom stereocenters. The predicted octanol–water partition coefficient (Wildman–Crippen LogP) is 5.23. The first-order chi connectivity index (χ1) is 14.3. The summed E-state index contributed by atoms with van der Waals surface area (Å²) in [6.07, 6.45) is -4.18. The molecular formula is C20H18ClF3N4OS. The zero-order valence-corrected chi connectivity index (χ0v) is 17.2. The van der Waals surface area contributed by atoms with E-state index < -0.39 is 24.2 Å². The normalized spacial score (nSPS) is 18.5. The molecule has 1 amide bonds. The Bertz CT molecular complexity index is 1020. The van der Waals surface area contributed by atoms with E-state index in [1.807, 2.05) is 30.3 Å². The van der Waals surface area contributed by atoms with Gasteiger partial charge < -0.3 is 10.6 Å². The number of halogens is 4. The lowest BCUT2D eigenvalue weighted by Gasteiger charge is -2.33. The van der Waals surface area contributed by atoms with Gasteiger partial charge in [0, 0.05) is 17.8 Å². The summed E-state index contributed by atoms with van der Waals surface area (Å²) < 4.78 is 42.2. The standard InChI is InChI=1S/C20H18ClF3N4OS/c21-17-16(18(29)25-9-8-12-5-2-1-3-6-12)27-19-26-13(14-7-4-10-30-14)11-15(28(17)19)20(22,23)24/h1-7,10,13,15H,8-9,11H2,(H,25,29)(H,26,27)/t13-,15+/m0/s1. The second-order valence-electron chi connectivity index (χ2n) is 6.94. The minimum atomic E-state index is -4.53. The highest BCUT2D eigenvalue weighted by molar-refractivity contribution is 7.10. The van der Waals surface area contributed by atoms with Crippen LogP contribution in [0.25, 0.3) is 0 Å². The summed E-state index contributed by atoms with van der Waals surface area (Å²) in [6.45, 7) is 0.315. The average Bonchev–Trinajstić information content (AvgIpc) is 3.36. The van der Waals surface area contributed by atoms with Crippen LogP contribution in [-0.4, -0.2) is 28.2 Å². The molecule has 1 aromatic carbocycles. The molecule has 1 aliphatic rings. The molecule has 3 aromatic rings. The Morgan fingerprint density at radius 1 is 1.27 bits per heavy atom. The maximum Gasteiger partial charge on any atom is 0.409 e. The molecule has 10 heteroatoms. The molecule has 158 valence electrons. The molecule has 0 fully saturated rings.